The van der Waals surface area contributed by atoms with Gasteiger partial charge in [-0.1, -0.05) is 24.4 Å². The minimum absolute atomic E-state index is 0.526. The number of nitrogens with zero attached hydrogens (tertiary/aromatic N) is 3. The lowest BCUT2D eigenvalue weighted by Gasteiger charge is -2.29. The molecule has 0 aromatic rings. The third kappa shape index (κ3) is 4.34. The van der Waals surface area contributed by atoms with Crippen LogP contribution >= 0.6 is 11.8 Å². The number of amidine groups is 1. The van der Waals surface area contributed by atoms with Crippen LogP contribution in [0.25, 0.3) is 0 Å². The molecular formula is C17H23FN4S. The Hall–Kier alpha value is -1.82. The summed E-state index contributed by atoms with van der Waals surface area (Å²) in [4.78, 5) is 11.5. The van der Waals surface area contributed by atoms with Gasteiger partial charge in [0.15, 0.2) is 6.30 Å². The summed E-state index contributed by atoms with van der Waals surface area (Å²) in [6.07, 6.45) is 5.88. The minimum atomic E-state index is -1.22. The average Bonchev–Trinajstić information content (AvgIpc) is 3.00. The number of aliphatic imine (C=N–C) groups is 2. The highest BCUT2D eigenvalue weighted by atomic mass is 32.2. The summed E-state index contributed by atoms with van der Waals surface area (Å²) in [6.45, 7) is 8.94. The van der Waals surface area contributed by atoms with Crippen LogP contribution in [0, 0.1) is 0 Å². The van der Waals surface area contributed by atoms with Gasteiger partial charge >= 0.3 is 0 Å². The summed E-state index contributed by atoms with van der Waals surface area (Å²) in [5.41, 5.74) is 8.96. The molecule has 0 amide bonds. The van der Waals surface area contributed by atoms with Crippen LogP contribution in [0.2, 0.25) is 0 Å². The normalized spacial score (nSPS) is 20.4. The molecule has 1 fully saturated rings. The van der Waals surface area contributed by atoms with Crippen LogP contribution in [0.5, 0.6) is 0 Å². The second-order valence-electron chi connectivity index (χ2n) is 5.32. The van der Waals surface area contributed by atoms with Crippen LogP contribution in [0.3, 0.4) is 0 Å². The van der Waals surface area contributed by atoms with Gasteiger partial charge in [0.05, 0.1) is 6.54 Å². The number of hydrogen-bond acceptors (Lipinski definition) is 5. The van der Waals surface area contributed by atoms with E-state index >= 15 is 0 Å². The quantitative estimate of drug-likeness (QED) is 0.594. The fraction of sp³-hybridized carbons (Fsp3) is 0.412. The molecule has 124 valence electrons. The second-order valence-corrected chi connectivity index (χ2v) is 6.33. The van der Waals surface area contributed by atoms with Crippen molar-refractivity contribution in [3.63, 3.8) is 0 Å². The van der Waals surface area contributed by atoms with Gasteiger partial charge in [-0.15, -0.1) is 0 Å². The van der Waals surface area contributed by atoms with E-state index in [4.69, 9.17) is 5.73 Å². The zero-order valence-electron chi connectivity index (χ0n) is 13.6. The van der Waals surface area contributed by atoms with Crippen LogP contribution in [-0.4, -0.2) is 36.3 Å². The first-order valence-electron chi connectivity index (χ1n) is 7.69. The molecule has 2 aliphatic rings. The van der Waals surface area contributed by atoms with Gasteiger partial charge in [0.25, 0.3) is 0 Å². The fourth-order valence-electron chi connectivity index (χ4n) is 2.59. The number of thioether (sulfide) groups is 1. The monoisotopic (exact) mass is 334 g/mol. The zero-order chi connectivity index (χ0) is 16.8. The third-order valence-corrected chi connectivity index (χ3v) is 4.48. The lowest BCUT2D eigenvalue weighted by Crippen LogP contribution is -2.32. The van der Waals surface area contributed by atoms with Gasteiger partial charge in [-0.25, -0.2) is 4.39 Å². The molecule has 23 heavy (non-hydrogen) atoms. The Kier molecular flexibility index (Phi) is 6.21. The minimum Gasteiger partial charge on any atom is -0.398 e. The van der Waals surface area contributed by atoms with E-state index in [1.807, 2.05) is 18.4 Å². The standard InChI is InChI=1S/C17H23FN4S/c1-4-10-23-12(2)17-21-11-14(16-6-5-9-22(16)17)15(19)7-8-20-13(3)18/h4,7-8,10,13H,2,5-6,9,11,19H2,1,3H3/b10-4-,15-7?,20-8?. The van der Waals surface area contributed by atoms with Crippen molar-refractivity contribution < 1.29 is 4.39 Å². The van der Waals surface area contributed by atoms with E-state index in [2.05, 4.69) is 21.5 Å². The second kappa shape index (κ2) is 8.15. The maximum atomic E-state index is 12.7. The van der Waals surface area contributed by atoms with Gasteiger partial charge in [0.1, 0.15) is 5.84 Å². The Labute approximate surface area is 141 Å². The van der Waals surface area contributed by atoms with Crippen molar-refractivity contribution in [3.05, 3.63) is 46.0 Å². The number of nitrogens with two attached hydrogens (primary N) is 1. The van der Waals surface area contributed by atoms with E-state index in [1.165, 1.54) is 18.8 Å². The maximum absolute atomic E-state index is 12.7. The average molecular weight is 334 g/mol. The lowest BCUT2D eigenvalue weighted by atomic mass is 10.1. The molecule has 0 aliphatic carbocycles. The first-order chi connectivity index (χ1) is 11.0. The number of fused-ring (bicyclic) bond motifs is 1. The first-order valence-corrected chi connectivity index (χ1v) is 8.57. The van der Waals surface area contributed by atoms with E-state index < -0.39 is 6.30 Å². The highest BCUT2D eigenvalue weighted by molar-refractivity contribution is 8.06. The van der Waals surface area contributed by atoms with Crippen molar-refractivity contribution in [2.75, 3.05) is 13.1 Å². The zero-order valence-corrected chi connectivity index (χ0v) is 14.4. The van der Waals surface area contributed by atoms with Crippen LogP contribution in [0.15, 0.2) is 56.0 Å². The van der Waals surface area contributed by atoms with Gasteiger partial charge in [0, 0.05) is 34.6 Å². The Balaban J connectivity index is 2.20. The predicted molar refractivity (Wildman–Crippen MR) is 98.1 cm³/mol. The van der Waals surface area contributed by atoms with Crippen molar-refractivity contribution in [1.82, 2.24) is 4.90 Å². The van der Waals surface area contributed by atoms with Crippen LogP contribution < -0.4 is 5.73 Å². The Morgan fingerprint density at radius 1 is 1.57 bits per heavy atom. The highest BCUT2D eigenvalue weighted by Gasteiger charge is 2.29. The van der Waals surface area contributed by atoms with Crippen molar-refractivity contribution >= 4 is 23.8 Å². The largest absolute Gasteiger partial charge is 0.398 e. The molecule has 0 radical (unpaired) electrons. The van der Waals surface area contributed by atoms with Gasteiger partial charge in [-0.05, 0) is 38.2 Å². The highest BCUT2D eigenvalue weighted by Crippen LogP contribution is 2.34. The molecule has 0 bridgehead atoms. The van der Waals surface area contributed by atoms with E-state index in [9.17, 15) is 4.39 Å². The van der Waals surface area contributed by atoms with E-state index in [1.54, 1.807) is 17.8 Å². The summed E-state index contributed by atoms with van der Waals surface area (Å²) in [5.74, 6) is 0.934. The smallest absolute Gasteiger partial charge is 0.187 e. The molecule has 1 unspecified atom stereocenters. The van der Waals surface area contributed by atoms with E-state index in [0.717, 1.165) is 35.7 Å². The van der Waals surface area contributed by atoms with Gasteiger partial charge in [0.2, 0.25) is 0 Å². The SMILES string of the molecule is C=C(S/C=C\C)C1=NCC(C(N)=CC=NC(C)F)=C2CCCN12. The summed E-state index contributed by atoms with van der Waals surface area (Å²) < 4.78 is 12.7. The maximum Gasteiger partial charge on any atom is 0.187 e. The number of allylic oxidation sites excluding steroid dienone is 3. The molecule has 0 aromatic carbocycles. The van der Waals surface area contributed by atoms with E-state index in [0.29, 0.717) is 12.2 Å². The van der Waals surface area contributed by atoms with Crippen LogP contribution in [0.1, 0.15) is 26.7 Å². The molecule has 1 saturated heterocycles. The number of rotatable bonds is 6. The van der Waals surface area contributed by atoms with Crippen molar-refractivity contribution in [2.24, 2.45) is 15.7 Å². The van der Waals surface area contributed by atoms with E-state index in [-0.39, 0.29) is 0 Å². The fourth-order valence-corrected chi connectivity index (χ4v) is 3.18. The first kappa shape index (κ1) is 17.5. The van der Waals surface area contributed by atoms with Gasteiger partial charge < -0.3 is 10.6 Å². The molecule has 4 nitrogen and oxygen atoms in total. The van der Waals surface area contributed by atoms with Crippen LogP contribution in [0.4, 0.5) is 4.39 Å². The van der Waals surface area contributed by atoms with Crippen molar-refractivity contribution in [1.29, 1.82) is 0 Å². The summed E-state index contributed by atoms with van der Waals surface area (Å²) in [6, 6.07) is 0. The summed E-state index contributed by atoms with van der Waals surface area (Å²) in [7, 11) is 0. The number of hydrogen-bond donors (Lipinski definition) is 1. The molecule has 2 aliphatic heterocycles. The van der Waals surface area contributed by atoms with Gasteiger partial charge in [-0.2, -0.15) is 0 Å². The molecule has 1 atom stereocenters. The molecule has 0 spiro atoms. The Morgan fingerprint density at radius 2 is 2.35 bits per heavy atom. The summed E-state index contributed by atoms with van der Waals surface area (Å²) >= 11 is 1.58. The molecule has 0 aromatic heterocycles. The Morgan fingerprint density at radius 3 is 3.04 bits per heavy atom. The number of alkyl halides is 1. The van der Waals surface area contributed by atoms with Crippen LogP contribution in [-0.2, 0) is 0 Å². The molecule has 2 rings (SSSR count). The molecule has 2 heterocycles. The van der Waals surface area contributed by atoms with Crippen molar-refractivity contribution in [2.45, 2.75) is 33.0 Å². The van der Waals surface area contributed by atoms with Gasteiger partial charge in [-0.3, -0.25) is 9.98 Å². The Bertz CT molecular complexity index is 614. The molecule has 6 heteroatoms. The third-order valence-electron chi connectivity index (χ3n) is 3.60. The summed E-state index contributed by atoms with van der Waals surface area (Å²) in [5, 5.41) is 2.00. The molecule has 2 N–H and O–H groups in total. The molecule has 0 saturated carbocycles. The predicted octanol–water partition coefficient (Wildman–Crippen LogP) is 3.76. The number of halogens is 1. The molecular weight excluding hydrogens is 311 g/mol. The topological polar surface area (TPSA) is 54.0 Å². The van der Waals surface area contributed by atoms with Crippen molar-refractivity contribution in [3.8, 4) is 0 Å². The lowest BCUT2D eigenvalue weighted by molar-refractivity contribution is 0.378.